The smallest absolute Gasteiger partial charge is 0.145 e. The third-order valence-corrected chi connectivity index (χ3v) is 9.08. The van der Waals surface area contributed by atoms with Crippen LogP contribution in [-0.2, 0) is 4.79 Å². The van der Waals surface area contributed by atoms with E-state index in [9.17, 15) is 20.1 Å². The molecule has 34 heavy (non-hydrogen) atoms. The first-order valence-electron chi connectivity index (χ1n) is 13.1. The highest BCUT2D eigenvalue weighted by molar-refractivity contribution is 5.74. The van der Waals surface area contributed by atoms with Crippen molar-refractivity contribution in [1.29, 1.82) is 0 Å². The van der Waals surface area contributed by atoms with E-state index in [-0.39, 0.29) is 19.1 Å². The molecule has 0 aliphatic heterocycles. The Bertz CT molecular complexity index is 816. The van der Waals surface area contributed by atoms with Crippen molar-refractivity contribution in [3.63, 3.8) is 0 Å². The molecule has 1 saturated carbocycles. The summed E-state index contributed by atoms with van der Waals surface area (Å²) < 4.78 is 0. The fraction of sp³-hybridized carbons (Fsp3) is 0.700. The van der Waals surface area contributed by atoms with Crippen LogP contribution in [0.25, 0.3) is 0 Å². The van der Waals surface area contributed by atoms with E-state index in [0.29, 0.717) is 55.4 Å². The average Bonchev–Trinajstić information content (AvgIpc) is 2.80. The van der Waals surface area contributed by atoms with Gasteiger partial charge in [0.25, 0.3) is 0 Å². The predicted molar refractivity (Wildman–Crippen MR) is 140 cm³/mol. The number of hydrogen-bond acceptors (Lipinski definition) is 4. The van der Waals surface area contributed by atoms with Crippen molar-refractivity contribution in [2.24, 2.45) is 29.1 Å². The van der Waals surface area contributed by atoms with Crippen LogP contribution in [0.4, 0.5) is 0 Å². The topological polar surface area (TPSA) is 77.8 Å². The van der Waals surface area contributed by atoms with Gasteiger partial charge in [0.05, 0.1) is 12.2 Å². The average molecular weight is 473 g/mol. The van der Waals surface area contributed by atoms with E-state index in [0.717, 1.165) is 24.7 Å². The molecule has 0 unspecified atom stereocenters. The van der Waals surface area contributed by atoms with E-state index in [1.54, 1.807) is 0 Å². The number of aliphatic hydroxyl groups excluding tert-OH is 2. The number of aldehydes is 1. The molecular formula is C30H48O4. The summed E-state index contributed by atoms with van der Waals surface area (Å²) in [7, 11) is 0. The van der Waals surface area contributed by atoms with Gasteiger partial charge in [-0.2, -0.15) is 0 Å². The third kappa shape index (κ3) is 6.19. The minimum atomic E-state index is -1.04. The van der Waals surface area contributed by atoms with Crippen LogP contribution in [0.2, 0.25) is 0 Å². The largest absolute Gasteiger partial charge is 0.396 e. The molecule has 0 radical (unpaired) electrons. The monoisotopic (exact) mass is 472 g/mol. The van der Waals surface area contributed by atoms with Crippen LogP contribution in [0.15, 0.2) is 46.6 Å². The van der Waals surface area contributed by atoms with Crippen LogP contribution < -0.4 is 0 Å². The number of hydrogen-bond donors (Lipinski definition) is 3. The number of aliphatic hydroxyl groups is 3. The van der Waals surface area contributed by atoms with Gasteiger partial charge in [0, 0.05) is 17.9 Å². The van der Waals surface area contributed by atoms with Crippen molar-refractivity contribution in [3.8, 4) is 0 Å². The van der Waals surface area contributed by atoms with Gasteiger partial charge in [-0.3, -0.25) is 4.79 Å². The lowest BCUT2D eigenvalue weighted by Gasteiger charge is -2.54. The Kier molecular flexibility index (Phi) is 10.5. The Morgan fingerprint density at radius 1 is 1.24 bits per heavy atom. The highest BCUT2D eigenvalue weighted by Crippen LogP contribution is 2.55. The van der Waals surface area contributed by atoms with Gasteiger partial charge in [-0.05, 0) is 96.0 Å². The van der Waals surface area contributed by atoms with Crippen molar-refractivity contribution in [3.05, 3.63) is 46.6 Å². The standard InChI is InChI=1S/C30H48O4/c1-21(11-14-26-23(3)13-12-22(2)25(26)5)9-7-16-30(20-33)28(10-8-18-31)27(24(4)19-32)15-17-29(30,6)34/h9,11,13-14,19,22,25-26,28,31,33-34H,7-8,10,12,15-18,20H2,1-6H3/b14-11+,21-9+,27-24-/t22-,25-,26+,28+,29-,30+/m0/s1. The molecule has 4 heteroatoms. The molecule has 192 valence electrons. The van der Waals surface area contributed by atoms with Crippen molar-refractivity contribution < 1.29 is 20.1 Å². The summed E-state index contributed by atoms with van der Waals surface area (Å²) in [5.41, 5.74) is 2.59. The first-order valence-corrected chi connectivity index (χ1v) is 13.1. The zero-order chi connectivity index (χ0) is 25.5. The van der Waals surface area contributed by atoms with Gasteiger partial charge < -0.3 is 15.3 Å². The first kappa shape index (κ1) is 28.7. The van der Waals surface area contributed by atoms with Crippen molar-refractivity contribution in [1.82, 2.24) is 0 Å². The quantitative estimate of drug-likeness (QED) is 0.159. The lowest BCUT2D eigenvalue weighted by atomic mass is 9.53. The minimum Gasteiger partial charge on any atom is -0.396 e. The van der Waals surface area contributed by atoms with Gasteiger partial charge in [-0.15, -0.1) is 0 Å². The summed E-state index contributed by atoms with van der Waals surface area (Å²) >= 11 is 0. The molecule has 6 atom stereocenters. The summed E-state index contributed by atoms with van der Waals surface area (Å²) in [4.78, 5) is 11.6. The number of carbonyl (C=O) groups is 1. The van der Waals surface area contributed by atoms with Crippen molar-refractivity contribution in [2.75, 3.05) is 13.2 Å². The maximum Gasteiger partial charge on any atom is 0.145 e. The molecule has 2 rings (SSSR count). The zero-order valence-electron chi connectivity index (χ0n) is 22.3. The second-order valence-electron chi connectivity index (χ2n) is 11.2. The van der Waals surface area contributed by atoms with E-state index in [1.165, 1.54) is 11.1 Å². The maximum atomic E-state index is 11.6. The molecule has 1 fully saturated rings. The van der Waals surface area contributed by atoms with Crippen molar-refractivity contribution in [2.45, 2.75) is 92.1 Å². The molecule has 4 nitrogen and oxygen atoms in total. The van der Waals surface area contributed by atoms with E-state index in [2.05, 4.69) is 52.0 Å². The Hall–Kier alpha value is -1.49. The molecule has 3 N–H and O–H groups in total. The van der Waals surface area contributed by atoms with Crippen LogP contribution in [0.3, 0.4) is 0 Å². The van der Waals surface area contributed by atoms with Crippen molar-refractivity contribution >= 4 is 6.29 Å². The zero-order valence-corrected chi connectivity index (χ0v) is 22.3. The number of allylic oxidation sites excluding steroid dienone is 8. The summed E-state index contributed by atoms with van der Waals surface area (Å²) in [6.45, 7) is 12.6. The highest BCUT2D eigenvalue weighted by Gasteiger charge is 2.54. The molecular weight excluding hydrogens is 424 g/mol. The molecule has 0 bridgehead atoms. The normalized spacial score (nSPS) is 36.5. The Labute approximate surface area is 207 Å². The van der Waals surface area contributed by atoms with E-state index < -0.39 is 11.0 Å². The Balaban J connectivity index is 2.26. The van der Waals surface area contributed by atoms with Crippen LogP contribution in [-0.4, -0.2) is 40.4 Å². The van der Waals surface area contributed by atoms with Gasteiger partial charge >= 0.3 is 0 Å². The molecule has 0 aromatic carbocycles. The maximum absolute atomic E-state index is 11.6. The Morgan fingerprint density at radius 2 is 1.94 bits per heavy atom. The summed E-state index contributed by atoms with van der Waals surface area (Å²) in [5, 5.41) is 31.6. The second kappa shape index (κ2) is 12.5. The van der Waals surface area contributed by atoms with Crippen LogP contribution in [0.1, 0.15) is 86.5 Å². The van der Waals surface area contributed by atoms with E-state index in [4.69, 9.17) is 0 Å². The molecule has 0 aromatic rings. The van der Waals surface area contributed by atoms with Gasteiger partial charge in [0.2, 0.25) is 0 Å². The number of carbonyl (C=O) groups excluding carboxylic acids is 1. The summed E-state index contributed by atoms with van der Waals surface area (Å²) in [5.74, 6) is 1.66. The molecule has 0 heterocycles. The van der Waals surface area contributed by atoms with Crippen LogP contribution >= 0.6 is 0 Å². The summed E-state index contributed by atoms with van der Waals surface area (Å²) in [6.07, 6.45) is 14.9. The lowest BCUT2D eigenvalue weighted by Crippen LogP contribution is -2.56. The summed E-state index contributed by atoms with van der Waals surface area (Å²) in [6, 6.07) is 0. The minimum absolute atomic E-state index is 0.0590. The fourth-order valence-electron chi connectivity index (χ4n) is 6.31. The van der Waals surface area contributed by atoms with Crippen LogP contribution in [0.5, 0.6) is 0 Å². The van der Waals surface area contributed by atoms with E-state index in [1.807, 2.05) is 13.8 Å². The SMILES string of the molecule is CC1=CC[C@H](C)[C@H](C)[C@@H]1/C=C/C(C)=C/CC[C@@]1(CO)[C@H](CCCO)/C(=C(/C)C=O)CC[C@]1(C)O. The first-order chi connectivity index (χ1) is 16.0. The van der Waals surface area contributed by atoms with Gasteiger partial charge in [0.1, 0.15) is 6.29 Å². The fourth-order valence-corrected chi connectivity index (χ4v) is 6.31. The highest BCUT2D eigenvalue weighted by atomic mass is 16.3. The molecule has 0 saturated heterocycles. The lowest BCUT2D eigenvalue weighted by molar-refractivity contribution is -0.146. The predicted octanol–water partition coefficient (Wildman–Crippen LogP) is 5.94. The van der Waals surface area contributed by atoms with Gasteiger partial charge in [-0.1, -0.05) is 54.9 Å². The molecule has 0 aromatic heterocycles. The molecule has 2 aliphatic rings. The van der Waals surface area contributed by atoms with Gasteiger partial charge in [-0.25, -0.2) is 0 Å². The third-order valence-electron chi connectivity index (χ3n) is 9.08. The molecule has 0 spiro atoms. The van der Waals surface area contributed by atoms with Gasteiger partial charge in [0.15, 0.2) is 0 Å². The molecule has 2 aliphatic carbocycles. The Morgan fingerprint density at radius 3 is 2.56 bits per heavy atom. The molecule has 0 amide bonds. The second-order valence-corrected chi connectivity index (χ2v) is 11.2. The van der Waals surface area contributed by atoms with Crippen LogP contribution in [0, 0.1) is 29.1 Å². The number of rotatable bonds is 10. The van der Waals surface area contributed by atoms with E-state index >= 15 is 0 Å².